The zero-order valence-electron chi connectivity index (χ0n) is 11.2. The van der Waals surface area contributed by atoms with Crippen LogP contribution in [0.5, 0.6) is 5.75 Å². The number of Topliss-reactive ketones (excluding diaryl/α,β-unsaturated/α-hetero) is 1. The van der Waals surface area contributed by atoms with Gasteiger partial charge in [-0.25, -0.2) is 9.67 Å². The molecule has 2 aromatic rings. The van der Waals surface area contributed by atoms with Gasteiger partial charge in [0.05, 0.1) is 25.3 Å². The maximum absolute atomic E-state index is 12.3. The fourth-order valence-electron chi connectivity index (χ4n) is 1.84. The number of methoxy groups -OCH3 is 1. The zero-order valence-corrected chi connectivity index (χ0v) is 11.2. The highest BCUT2D eigenvalue weighted by atomic mass is 16.5. The van der Waals surface area contributed by atoms with Crippen LogP contribution in [0.15, 0.2) is 24.8 Å². The van der Waals surface area contributed by atoms with Crippen molar-refractivity contribution >= 4 is 5.78 Å². The summed E-state index contributed by atoms with van der Waals surface area (Å²) in [4.78, 5) is 20.3. The van der Waals surface area contributed by atoms with Crippen molar-refractivity contribution < 1.29 is 9.53 Å². The fourth-order valence-corrected chi connectivity index (χ4v) is 1.84. The maximum atomic E-state index is 12.3. The Bertz CT molecular complexity index is 578. The van der Waals surface area contributed by atoms with E-state index < -0.39 is 0 Å². The molecule has 2 aromatic heterocycles. The van der Waals surface area contributed by atoms with Crippen molar-refractivity contribution in [2.45, 2.75) is 26.3 Å². The molecule has 6 nitrogen and oxygen atoms in total. The minimum absolute atomic E-state index is 0.0610. The number of rotatable bonds is 5. The molecule has 2 heterocycles. The summed E-state index contributed by atoms with van der Waals surface area (Å²) >= 11 is 0. The van der Waals surface area contributed by atoms with Crippen molar-refractivity contribution in [3.05, 3.63) is 36.2 Å². The van der Waals surface area contributed by atoms with Crippen LogP contribution in [0.4, 0.5) is 0 Å². The molecule has 0 unspecified atom stereocenters. The number of ketones is 1. The van der Waals surface area contributed by atoms with Gasteiger partial charge in [-0.3, -0.25) is 9.78 Å². The largest absolute Gasteiger partial charge is 0.494 e. The molecular weight excluding hydrogens is 244 g/mol. The Morgan fingerprint density at radius 1 is 1.47 bits per heavy atom. The lowest BCUT2D eigenvalue weighted by molar-refractivity contribution is 0.0986. The fraction of sp³-hybridized carbons (Fsp3) is 0.385. The molecule has 2 rings (SSSR count). The van der Waals surface area contributed by atoms with Gasteiger partial charge in [-0.15, -0.1) is 0 Å². The van der Waals surface area contributed by atoms with Crippen LogP contribution in [0.2, 0.25) is 0 Å². The van der Waals surface area contributed by atoms with E-state index >= 15 is 0 Å². The lowest BCUT2D eigenvalue weighted by Crippen LogP contribution is -2.13. The van der Waals surface area contributed by atoms with Crippen LogP contribution in [0.1, 0.15) is 36.1 Å². The smallest absolute Gasteiger partial charge is 0.174 e. The van der Waals surface area contributed by atoms with Crippen LogP contribution in [0.25, 0.3) is 0 Å². The van der Waals surface area contributed by atoms with Gasteiger partial charge < -0.3 is 4.74 Å². The van der Waals surface area contributed by atoms with Crippen LogP contribution in [-0.2, 0) is 6.42 Å². The van der Waals surface area contributed by atoms with Gasteiger partial charge in [0, 0.05) is 12.2 Å². The van der Waals surface area contributed by atoms with E-state index in [0.29, 0.717) is 17.1 Å². The van der Waals surface area contributed by atoms with Crippen molar-refractivity contribution in [3.63, 3.8) is 0 Å². The molecule has 0 saturated heterocycles. The summed E-state index contributed by atoms with van der Waals surface area (Å²) in [5, 5.41) is 4.11. The molecule has 0 amide bonds. The lowest BCUT2D eigenvalue weighted by atomic mass is 10.1. The van der Waals surface area contributed by atoms with E-state index in [2.05, 4.69) is 15.1 Å². The Labute approximate surface area is 111 Å². The quantitative estimate of drug-likeness (QED) is 0.765. The van der Waals surface area contributed by atoms with Gasteiger partial charge in [0.15, 0.2) is 5.78 Å². The minimum atomic E-state index is -0.0610. The molecule has 0 radical (unpaired) electrons. The lowest BCUT2D eigenvalue weighted by Gasteiger charge is -2.10. The van der Waals surface area contributed by atoms with E-state index in [1.807, 2.05) is 13.8 Å². The van der Waals surface area contributed by atoms with Crippen LogP contribution in [0, 0.1) is 0 Å². The first-order valence-electron chi connectivity index (χ1n) is 6.03. The highest BCUT2D eigenvalue weighted by Crippen LogP contribution is 2.18. The molecule has 0 atom stereocenters. The van der Waals surface area contributed by atoms with Gasteiger partial charge in [-0.1, -0.05) is 0 Å². The zero-order chi connectivity index (χ0) is 13.8. The molecular formula is C13H16N4O2. The molecule has 0 aliphatic heterocycles. The maximum Gasteiger partial charge on any atom is 0.174 e. The summed E-state index contributed by atoms with van der Waals surface area (Å²) in [6.45, 7) is 3.99. The van der Waals surface area contributed by atoms with Crippen LogP contribution < -0.4 is 4.74 Å². The van der Waals surface area contributed by atoms with Gasteiger partial charge in [0.1, 0.15) is 17.9 Å². The minimum Gasteiger partial charge on any atom is -0.494 e. The third-order valence-corrected chi connectivity index (χ3v) is 2.76. The van der Waals surface area contributed by atoms with Gasteiger partial charge >= 0.3 is 0 Å². The van der Waals surface area contributed by atoms with Crippen molar-refractivity contribution in [1.29, 1.82) is 0 Å². The predicted octanol–water partition coefficient (Wildman–Crippen LogP) is 1.69. The summed E-state index contributed by atoms with van der Waals surface area (Å²) in [6.07, 6.45) is 4.76. The molecule has 0 aliphatic carbocycles. The molecule has 6 heteroatoms. The van der Waals surface area contributed by atoms with E-state index in [4.69, 9.17) is 4.74 Å². The highest BCUT2D eigenvalue weighted by Gasteiger charge is 2.16. The summed E-state index contributed by atoms with van der Waals surface area (Å²) in [7, 11) is 1.52. The van der Waals surface area contributed by atoms with Crippen molar-refractivity contribution in [2.24, 2.45) is 0 Å². The van der Waals surface area contributed by atoms with Gasteiger partial charge in [-0.2, -0.15) is 5.10 Å². The second-order valence-electron chi connectivity index (χ2n) is 4.39. The second-order valence-corrected chi connectivity index (χ2v) is 4.39. The highest BCUT2D eigenvalue weighted by molar-refractivity contribution is 5.99. The molecule has 0 bridgehead atoms. The molecule has 0 N–H and O–H groups in total. The van der Waals surface area contributed by atoms with Crippen molar-refractivity contribution in [3.8, 4) is 5.75 Å². The monoisotopic (exact) mass is 260 g/mol. The molecule has 100 valence electrons. The normalized spacial score (nSPS) is 10.7. The van der Waals surface area contributed by atoms with Crippen LogP contribution in [-0.4, -0.2) is 32.6 Å². The Hall–Kier alpha value is -2.24. The third-order valence-electron chi connectivity index (χ3n) is 2.76. The average Bonchev–Trinajstić information content (AvgIpc) is 2.87. The standard InChI is InChI=1S/C13H16N4O2/c1-9(2)17-13(15-8-16-17)6-11(18)10-4-5-14-7-12(10)19-3/h4-5,7-9H,6H2,1-3H3. The molecule has 0 aliphatic rings. The Kier molecular flexibility index (Phi) is 3.89. The summed E-state index contributed by atoms with van der Waals surface area (Å²) in [6, 6.07) is 1.82. The Morgan fingerprint density at radius 2 is 2.26 bits per heavy atom. The molecule has 0 aromatic carbocycles. The number of nitrogens with zero attached hydrogens (tertiary/aromatic N) is 4. The Morgan fingerprint density at radius 3 is 2.95 bits per heavy atom. The third kappa shape index (κ3) is 2.78. The molecule has 0 fully saturated rings. The van der Waals surface area contributed by atoms with E-state index in [1.165, 1.54) is 19.6 Å². The first-order chi connectivity index (χ1) is 9.13. The Balaban J connectivity index is 2.23. The van der Waals surface area contributed by atoms with Crippen LogP contribution >= 0.6 is 0 Å². The molecule has 0 spiro atoms. The first kappa shape index (κ1) is 13.2. The van der Waals surface area contributed by atoms with Gasteiger partial charge in [0.2, 0.25) is 0 Å². The number of hydrogen-bond acceptors (Lipinski definition) is 5. The van der Waals surface area contributed by atoms with Crippen molar-refractivity contribution in [2.75, 3.05) is 7.11 Å². The number of carbonyl (C=O) groups is 1. The summed E-state index contributed by atoms with van der Waals surface area (Å²) in [5.41, 5.74) is 0.510. The number of carbonyl (C=O) groups excluding carboxylic acids is 1. The van der Waals surface area contributed by atoms with Gasteiger partial charge in [-0.05, 0) is 19.9 Å². The second kappa shape index (κ2) is 5.60. The topological polar surface area (TPSA) is 69.9 Å². The average molecular weight is 260 g/mol. The number of pyridine rings is 1. The van der Waals surface area contributed by atoms with Crippen LogP contribution in [0.3, 0.4) is 0 Å². The van der Waals surface area contributed by atoms with E-state index in [9.17, 15) is 4.79 Å². The van der Waals surface area contributed by atoms with E-state index in [0.717, 1.165) is 0 Å². The first-order valence-corrected chi connectivity index (χ1v) is 6.03. The van der Waals surface area contributed by atoms with E-state index in [-0.39, 0.29) is 18.2 Å². The van der Waals surface area contributed by atoms with E-state index in [1.54, 1.807) is 16.9 Å². The molecule has 0 saturated carbocycles. The summed E-state index contributed by atoms with van der Waals surface area (Å²) < 4.78 is 6.88. The SMILES string of the molecule is COc1cnccc1C(=O)Cc1ncnn1C(C)C. The summed E-state index contributed by atoms with van der Waals surface area (Å²) in [5.74, 6) is 1.07. The van der Waals surface area contributed by atoms with Crippen molar-refractivity contribution in [1.82, 2.24) is 19.7 Å². The number of hydrogen-bond donors (Lipinski definition) is 0. The molecule has 19 heavy (non-hydrogen) atoms. The number of aromatic nitrogens is 4. The number of ether oxygens (including phenoxy) is 1. The van der Waals surface area contributed by atoms with Gasteiger partial charge in [0.25, 0.3) is 0 Å². The predicted molar refractivity (Wildman–Crippen MR) is 69.2 cm³/mol.